The molecule has 0 aromatic heterocycles. The van der Waals surface area contributed by atoms with Gasteiger partial charge in [-0.25, -0.2) is 0 Å². The fraction of sp³-hybridized carbons (Fsp3) is 0.588. The molecule has 0 saturated carbocycles. The molecule has 3 rings (SSSR count). The molecule has 0 unspecified atom stereocenters. The molecule has 0 saturated heterocycles. The predicted molar refractivity (Wildman–Crippen MR) is 97.8 cm³/mol. The molecule has 2 heterocycles. The normalized spacial score (nSPS) is 19.0. The third kappa shape index (κ3) is 3.54. The van der Waals surface area contributed by atoms with Gasteiger partial charge in [0, 0.05) is 29.0 Å². The topological polar surface area (TPSA) is 18.8 Å². The first kappa shape index (κ1) is 16.0. The van der Waals surface area contributed by atoms with E-state index >= 15 is 0 Å². The van der Waals surface area contributed by atoms with Crippen LogP contribution in [-0.2, 0) is 0 Å². The lowest BCUT2D eigenvalue weighted by Gasteiger charge is -2.32. The highest BCUT2D eigenvalue weighted by atomic mass is 35.5. The molecule has 2 aliphatic rings. The highest BCUT2D eigenvalue weighted by Crippen LogP contribution is 2.35. The molecule has 0 radical (unpaired) electrons. The van der Waals surface area contributed by atoms with Crippen LogP contribution in [0.5, 0.6) is 0 Å². The van der Waals surface area contributed by atoms with Gasteiger partial charge in [0.25, 0.3) is 0 Å². The van der Waals surface area contributed by atoms with Crippen LogP contribution in [0.2, 0.25) is 5.02 Å². The first-order chi connectivity index (χ1) is 10.6. The Bertz CT molecular complexity index is 559. The van der Waals surface area contributed by atoms with Crippen LogP contribution in [0.1, 0.15) is 26.7 Å². The summed E-state index contributed by atoms with van der Waals surface area (Å²) in [7, 11) is 0. The van der Waals surface area contributed by atoms with Crippen molar-refractivity contribution in [2.24, 2.45) is 4.99 Å². The predicted octanol–water partition coefficient (Wildman–Crippen LogP) is 4.15. The number of hydrogen-bond acceptors (Lipinski definition) is 4. The number of rotatable bonds is 3. The number of amidine groups is 1. The third-order valence-electron chi connectivity index (χ3n) is 4.26. The summed E-state index contributed by atoms with van der Waals surface area (Å²) in [6.07, 6.45) is 2.50. The van der Waals surface area contributed by atoms with Gasteiger partial charge in [0.1, 0.15) is 5.84 Å². The quantitative estimate of drug-likeness (QED) is 0.825. The van der Waals surface area contributed by atoms with Crippen molar-refractivity contribution in [2.45, 2.75) is 37.6 Å². The van der Waals surface area contributed by atoms with E-state index in [2.05, 4.69) is 35.8 Å². The summed E-state index contributed by atoms with van der Waals surface area (Å²) in [4.78, 5) is 11.0. The Balaban J connectivity index is 1.85. The Morgan fingerprint density at radius 3 is 2.95 bits per heavy atom. The van der Waals surface area contributed by atoms with Crippen molar-refractivity contribution in [1.82, 2.24) is 4.90 Å². The van der Waals surface area contributed by atoms with E-state index in [1.165, 1.54) is 35.0 Å². The molecule has 0 atom stereocenters. The molecule has 0 aliphatic carbocycles. The standard InChI is InChI=1S/C17H24ClN3S/c1-13(2)21-9-7-19-17(21)12-20-8-3-4-10-22-16-6-5-14(18)11-15(16)20/h5-6,11,13H,3-4,7-10,12H2,1-2H3. The number of thioether (sulfide) groups is 1. The second kappa shape index (κ2) is 7.14. The Hall–Kier alpha value is -0.870. The summed E-state index contributed by atoms with van der Waals surface area (Å²) in [5, 5.41) is 0.819. The maximum absolute atomic E-state index is 6.26. The van der Waals surface area contributed by atoms with E-state index in [4.69, 9.17) is 16.6 Å². The Morgan fingerprint density at radius 1 is 1.27 bits per heavy atom. The smallest absolute Gasteiger partial charge is 0.119 e. The minimum Gasteiger partial charge on any atom is -0.363 e. The molecule has 0 bridgehead atoms. The molecule has 1 aromatic rings. The zero-order valence-electron chi connectivity index (χ0n) is 13.4. The molecule has 0 amide bonds. The van der Waals surface area contributed by atoms with Gasteiger partial charge in [-0.05, 0) is 50.6 Å². The Kier molecular flexibility index (Phi) is 5.19. The average molecular weight is 338 g/mol. The van der Waals surface area contributed by atoms with Crippen molar-refractivity contribution in [1.29, 1.82) is 0 Å². The number of fused-ring (bicyclic) bond motifs is 1. The van der Waals surface area contributed by atoms with Crippen molar-refractivity contribution in [3.63, 3.8) is 0 Å². The summed E-state index contributed by atoms with van der Waals surface area (Å²) < 4.78 is 0. The first-order valence-electron chi connectivity index (χ1n) is 8.12. The highest BCUT2D eigenvalue weighted by Gasteiger charge is 2.23. The van der Waals surface area contributed by atoms with Crippen molar-refractivity contribution in [3.8, 4) is 0 Å². The first-order valence-corrected chi connectivity index (χ1v) is 9.49. The molecule has 3 nitrogen and oxygen atoms in total. The van der Waals surface area contributed by atoms with Gasteiger partial charge in [-0.3, -0.25) is 4.99 Å². The average Bonchev–Trinajstić information content (AvgIpc) is 2.93. The number of anilines is 1. The van der Waals surface area contributed by atoms with Gasteiger partial charge in [0.2, 0.25) is 0 Å². The van der Waals surface area contributed by atoms with Crippen LogP contribution < -0.4 is 4.90 Å². The van der Waals surface area contributed by atoms with Crippen LogP contribution in [0.4, 0.5) is 5.69 Å². The summed E-state index contributed by atoms with van der Waals surface area (Å²) in [5.74, 6) is 2.42. The second-order valence-electron chi connectivity index (χ2n) is 6.17. The number of halogens is 1. The molecule has 0 spiro atoms. The minimum absolute atomic E-state index is 0.518. The van der Waals surface area contributed by atoms with Gasteiger partial charge in [-0.1, -0.05) is 11.6 Å². The van der Waals surface area contributed by atoms with Crippen LogP contribution in [0.3, 0.4) is 0 Å². The van der Waals surface area contributed by atoms with E-state index < -0.39 is 0 Å². The van der Waals surface area contributed by atoms with Crippen LogP contribution in [0.25, 0.3) is 0 Å². The van der Waals surface area contributed by atoms with E-state index in [1.54, 1.807) is 0 Å². The minimum atomic E-state index is 0.518. The molecule has 120 valence electrons. The van der Waals surface area contributed by atoms with Crippen molar-refractivity contribution < 1.29 is 0 Å². The van der Waals surface area contributed by atoms with Gasteiger partial charge in [0.15, 0.2) is 0 Å². The lowest BCUT2D eigenvalue weighted by Crippen LogP contribution is -2.42. The summed E-state index contributed by atoms with van der Waals surface area (Å²) >= 11 is 8.20. The van der Waals surface area contributed by atoms with E-state index in [0.717, 1.165) is 31.2 Å². The number of hydrogen-bond donors (Lipinski definition) is 0. The molecule has 2 aliphatic heterocycles. The van der Waals surface area contributed by atoms with E-state index in [-0.39, 0.29) is 0 Å². The Labute approximate surface area is 142 Å². The molecule has 22 heavy (non-hydrogen) atoms. The van der Waals surface area contributed by atoms with Crippen LogP contribution in [0.15, 0.2) is 28.1 Å². The lowest BCUT2D eigenvalue weighted by atomic mass is 10.2. The van der Waals surface area contributed by atoms with Crippen LogP contribution in [-0.4, -0.2) is 48.7 Å². The van der Waals surface area contributed by atoms with Crippen molar-refractivity contribution in [2.75, 3.05) is 36.8 Å². The number of benzene rings is 1. The fourth-order valence-electron chi connectivity index (χ4n) is 3.11. The molecule has 5 heteroatoms. The van der Waals surface area contributed by atoms with Crippen molar-refractivity contribution >= 4 is 34.9 Å². The van der Waals surface area contributed by atoms with Gasteiger partial charge in [-0.2, -0.15) is 0 Å². The highest BCUT2D eigenvalue weighted by molar-refractivity contribution is 7.99. The van der Waals surface area contributed by atoms with Gasteiger partial charge >= 0.3 is 0 Å². The van der Waals surface area contributed by atoms with E-state index in [1.807, 2.05) is 17.8 Å². The maximum Gasteiger partial charge on any atom is 0.119 e. The molecule has 0 N–H and O–H groups in total. The zero-order chi connectivity index (χ0) is 15.5. The van der Waals surface area contributed by atoms with E-state index in [0.29, 0.717) is 6.04 Å². The monoisotopic (exact) mass is 337 g/mol. The largest absolute Gasteiger partial charge is 0.363 e. The molecule has 1 aromatic carbocycles. The van der Waals surface area contributed by atoms with E-state index in [9.17, 15) is 0 Å². The van der Waals surface area contributed by atoms with Crippen LogP contribution in [0, 0.1) is 0 Å². The van der Waals surface area contributed by atoms with Crippen LogP contribution >= 0.6 is 23.4 Å². The van der Waals surface area contributed by atoms with Gasteiger partial charge < -0.3 is 9.80 Å². The molecular weight excluding hydrogens is 314 g/mol. The second-order valence-corrected chi connectivity index (χ2v) is 7.75. The number of nitrogens with zero attached hydrogens (tertiary/aromatic N) is 3. The maximum atomic E-state index is 6.26. The van der Waals surface area contributed by atoms with Gasteiger partial charge in [-0.15, -0.1) is 11.8 Å². The summed E-state index contributed by atoms with van der Waals surface area (Å²) in [6, 6.07) is 6.80. The van der Waals surface area contributed by atoms with Crippen molar-refractivity contribution in [3.05, 3.63) is 23.2 Å². The fourth-order valence-corrected chi connectivity index (χ4v) is 4.34. The van der Waals surface area contributed by atoms with Gasteiger partial charge in [0.05, 0.1) is 18.8 Å². The SMILES string of the molecule is CC(C)N1CCN=C1CN1CCCCSc2ccc(Cl)cc21. The summed E-state index contributed by atoms with van der Waals surface area (Å²) in [5.41, 5.74) is 1.27. The molecular formula is C17H24ClN3S. The lowest BCUT2D eigenvalue weighted by molar-refractivity contribution is 0.376. The Morgan fingerprint density at radius 2 is 2.14 bits per heavy atom. The summed E-state index contributed by atoms with van der Waals surface area (Å²) in [6.45, 7) is 8.45. The third-order valence-corrected chi connectivity index (χ3v) is 5.65. The molecule has 0 fully saturated rings. The number of aliphatic imine (C=N–C) groups is 1. The zero-order valence-corrected chi connectivity index (χ0v) is 15.0.